The third kappa shape index (κ3) is 4.98. The number of rotatable bonds is 6. The standard InChI is InChI=1S/C19H24FN3O2/c20-17-5-3-4-16(14-17)18(24)15-22-10-8-21(9-11-22)12-13-23-7-2-1-6-19(23)25/h1-7,14,18,24H,8-13,15H2. The summed E-state index contributed by atoms with van der Waals surface area (Å²) in [5.41, 5.74) is 0.644. The van der Waals surface area contributed by atoms with Crippen molar-refractivity contribution >= 4 is 0 Å². The third-order valence-corrected chi connectivity index (χ3v) is 4.69. The summed E-state index contributed by atoms with van der Waals surface area (Å²) >= 11 is 0. The van der Waals surface area contributed by atoms with E-state index in [0.717, 1.165) is 32.7 Å². The van der Waals surface area contributed by atoms with Crippen molar-refractivity contribution in [3.8, 4) is 0 Å². The first kappa shape index (κ1) is 17.8. The van der Waals surface area contributed by atoms with Crippen LogP contribution in [0.3, 0.4) is 0 Å². The van der Waals surface area contributed by atoms with Crippen LogP contribution in [0, 0.1) is 5.82 Å². The highest BCUT2D eigenvalue weighted by atomic mass is 19.1. The Hall–Kier alpha value is -2.02. The summed E-state index contributed by atoms with van der Waals surface area (Å²) in [4.78, 5) is 16.2. The maximum Gasteiger partial charge on any atom is 0.250 e. The number of pyridine rings is 1. The summed E-state index contributed by atoms with van der Waals surface area (Å²) < 4.78 is 15.0. The van der Waals surface area contributed by atoms with Crippen LogP contribution < -0.4 is 5.56 Å². The molecule has 5 nitrogen and oxygen atoms in total. The number of aliphatic hydroxyl groups excluding tert-OH is 1. The monoisotopic (exact) mass is 345 g/mol. The Bertz CT molecular complexity index is 741. The second kappa shape index (κ2) is 8.38. The minimum Gasteiger partial charge on any atom is -0.387 e. The van der Waals surface area contributed by atoms with Crippen LogP contribution >= 0.6 is 0 Å². The van der Waals surface area contributed by atoms with Crippen molar-refractivity contribution < 1.29 is 9.50 Å². The molecule has 6 heteroatoms. The van der Waals surface area contributed by atoms with Gasteiger partial charge in [0.2, 0.25) is 0 Å². The van der Waals surface area contributed by atoms with E-state index in [0.29, 0.717) is 18.7 Å². The Morgan fingerprint density at radius 2 is 1.76 bits per heavy atom. The molecule has 0 aliphatic carbocycles. The predicted molar refractivity (Wildman–Crippen MR) is 94.9 cm³/mol. The molecule has 2 heterocycles. The first-order valence-electron chi connectivity index (χ1n) is 8.65. The maximum absolute atomic E-state index is 13.3. The molecular weight excluding hydrogens is 321 g/mol. The molecule has 2 aromatic rings. The minimum atomic E-state index is -0.676. The van der Waals surface area contributed by atoms with E-state index in [2.05, 4.69) is 9.80 Å². The molecule has 1 aliphatic rings. The van der Waals surface area contributed by atoms with Crippen molar-refractivity contribution in [2.24, 2.45) is 0 Å². The van der Waals surface area contributed by atoms with E-state index in [-0.39, 0.29) is 11.4 Å². The molecule has 1 unspecified atom stereocenters. The summed E-state index contributed by atoms with van der Waals surface area (Å²) in [6.45, 7) is 5.55. The van der Waals surface area contributed by atoms with Crippen molar-refractivity contribution in [1.29, 1.82) is 0 Å². The molecule has 3 rings (SSSR count). The van der Waals surface area contributed by atoms with Crippen molar-refractivity contribution in [2.75, 3.05) is 39.3 Å². The van der Waals surface area contributed by atoms with Gasteiger partial charge in [-0.3, -0.25) is 14.6 Å². The van der Waals surface area contributed by atoms with Gasteiger partial charge in [0, 0.05) is 58.1 Å². The van der Waals surface area contributed by atoms with Crippen LogP contribution in [0.1, 0.15) is 11.7 Å². The lowest BCUT2D eigenvalue weighted by atomic mass is 10.1. The summed E-state index contributed by atoms with van der Waals surface area (Å²) in [5.74, 6) is -0.322. The molecule has 0 radical (unpaired) electrons. The maximum atomic E-state index is 13.3. The largest absolute Gasteiger partial charge is 0.387 e. The van der Waals surface area contributed by atoms with Gasteiger partial charge in [-0.25, -0.2) is 4.39 Å². The molecule has 0 spiro atoms. The van der Waals surface area contributed by atoms with Gasteiger partial charge in [-0.2, -0.15) is 0 Å². The van der Waals surface area contributed by atoms with Gasteiger partial charge in [-0.1, -0.05) is 18.2 Å². The van der Waals surface area contributed by atoms with E-state index in [4.69, 9.17) is 0 Å². The fourth-order valence-electron chi connectivity index (χ4n) is 3.15. The van der Waals surface area contributed by atoms with Gasteiger partial charge in [0.25, 0.3) is 5.56 Å². The molecule has 25 heavy (non-hydrogen) atoms. The zero-order valence-corrected chi connectivity index (χ0v) is 14.2. The van der Waals surface area contributed by atoms with Crippen molar-refractivity contribution in [3.63, 3.8) is 0 Å². The van der Waals surface area contributed by atoms with E-state index >= 15 is 0 Å². The van der Waals surface area contributed by atoms with Crippen LogP contribution in [0.15, 0.2) is 53.5 Å². The van der Waals surface area contributed by atoms with E-state index in [1.54, 1.807) is 28.8 Å². The first-order valence-corrected chi connectivity index (χ1v) is 8.65. The predicted octanol–water partition coefficient (Wildman–Crippen LogP) is 1.34. The number of β-amino-alcohol motifs (C(OH)–C–C–N with tert-alkyl or cyclic N) is 1. The molecule has 1 aliphatic heterocycles. The summed E-state index contributed by atoms with van der Waals surface area (Å²) in [6.07, 6.45) is 1.14. The highest BCUT2D eigenvalue weighted by molar-refractivity contribution is 5.19. The number of nitrogens with zero attached hydrogens (tertiary/aromatic N) is 3. The zero-order valence-electron chi connectivity index (χ0n) is 14.2. The highest BCUT2D eigenvalue weighted by Gasteiger charge is 2.20. The lowest BCUT2D eigenvalue weighted by Gasteiger charge is -2.35. The molecule has 1 aromatic carbocycles. The summed E-state index contributed by atoms with van der Waals surface area (Å²) in [5, 5.41) is 10.3. The highest BCUT2D eigenvalue weighted by Crippen LogP contribution is 2.16. The average Bonchev–Trinajstić information content (AvgIpc) is 2.62. The number of aromatic nitrogens is 1. The number of benzene rings is 1. The SMILES string of the molecule is O=c1ccccn1CCN1CCN(CC(O)c2cccc(F)c2)CC1. The lowest BCUT2D eigenvalue weighted by molar-refractivity contribution is 0.0712. The summed E-state index contributed by atoms with van der Waals surface area (Å²) in [7, 11) is 0. The first-order chi connectivity index (χ1) is 12.1. The van der Waals surface area contributed by atoms with E-state index in [1.807, 2.05) is 12.3 Å². The normalized spacial score (nSPS) is 17.5. The topological polar surface area (TPSA) is 48.7 Å². The van der Waals surface area contributed by atoms with Crippen LogP contribution in [0.5, 0.6) is 0 Å². The van der Waals surface area contributed by atoms with Crippen molar-refractivity contribution in [2.45, 2.75) is 12.6 Å². The Morgan fingerprint density at radius 3 is 2.48 bits per heavy atom. The second-order valence-corrected chi connectivity index (χ2v) is 6.45. The number of halogens is 1. The average molecular weight is 345 g/mol. The molecule has 1 atom stereocenters. The summed E-state index contributed by atoms with van der Waals surface area (Å²) in [6, 6.07) is 11.3. The van der Waals surface area contributed by atoms with Gasteiger partial charge in [0.1, 0.15) is 5.82 Å². The van der Waals surface area contributed by atoms with Gasteiger partial charge in [0.15, 0.2) is 0 Å². The Morgan fingerprint density at radius 1 is 1.00 bits per heavy atom. The molecule has 1 N–H and O–H groups in total. The second-order valence-electron chi connectivity index (χ2n) is 6.45. The van der Waals surface area contributed by atoms with Crippen molar-refractivity contribution in [1.82, 2.24) is 14.4 Å². The number of aliphatic hydroxyl groups is 1. The number of hydrogen-bond acceptors (Lipinski definition) is 4. The molecule has 1 aromatic heterocycles. The third-order valence-electron chi connectivity index (χ3n) is 4.69. The van der Waals surface area contributed by atoms with Crippen LogP contribution in [-0.2, 0) is 6.54 Å². The van der Waals surface area contributed by atoms with Gasteiger partial charge >= 0.3 is 0 Å². The van der Waals surface area contributed by atoms with Crippen molar-refractivity contribution in [3.05, 3.63) is 70.4 Å². The molecule has 134 valence electrons. The minimum absolute atomic E-state index is 0.0272. The van der Waals surface area contributed by atoms with E-state index < -0.39 is 6.10 Å². The number of hydrogen-bond donors (Lipinski definition) is 1. The number of piperazine rings is 1. The fraction of sp³-hybridized carbons (Fsp3) is 0.421. The Labute approximate surface area is 146 Å². The van der Waals surface area contributed by atoms with E-state index in [1.165, 1.54) is 12.1 Å². The lowest BCUT2D eigenvalue weighted by Crippen LogP contribution is -2.48. The van der Waals surface area contributed by atoms with E-state index in [9.17, 15) is 14.3 Å². The molecule has 0 amide bonds. The quantitative estimate of drug-likeness (QED) is 0.858. The Kier molecular flexibility index (Phi) is 5.96. The Balaban J connectivity index is 1.44. The van der Waals surface area contributed by atoms with Gasteiger partial charge in [-0.15, -0.1) is 0 Å². The van der Waals surface area contributed by atoms with Crippen LogP contribution in [0.2, 0.25) is 0 Å². The van der Waals surface area contributed by atoms with Gasteiger partial charge in [0.05, 0.1) is 6.10 Å². The van der Waals surface area contributed by atoms with Gasteiger partial charge < -0.3 is 9.67 Å². The van der Waals surface area contributed by atoms with Crippen LogP contribution in [-0.4, -0.2) is 58.7 Å². The molecule has 1 saturated heterocycles. The van der Waals surface area contributed by atoms with Crippen LogP contribution in [0.4, 0.5) is 4.39 Å². The molecule has 1 fully saturated rings. The van der Waals surface area contributed by atoms with Crippen LogP contribution in [0.25, 0.3) is 0 Å². The zero-order chi connectivity index (χ0) is 17.6. The molecule has 0 bridgehead atoms. The fourth-order valence-corrected chi connectivity index (χ4v) is 3.15. The smallest absolute Gasteiger partial charge is 0.250 e. The van der Waals surface area contributed by atoms with Gasteiger partial charge in [-0.05, 0) is 23.8 Å². The molecular formula is C19H24FN3O2. The molecule has 0 saturated carbocycles.